The zero-order valence-electron chi connectivity index (χ0n) is 8.71. The van der Waals surface area contributed by atoms with Crippen molar-refractivity contribution in [2.75, 3.05) is 6.54 Å². The Bertz CT molecular complexity index is 234. The van der Waals surface area contributed by atoms with E-state index >= 15 is 0 Å². The molecule has 2 nitrogen and oxygen atoms in total. The number of hydrogen-bond donors (Lipinski definition) is 1. The van der Waals surface area contributed by atoms with Gasteiger partial charge in [0.2, 0.25) is 0 Å². The molecule has 3 N–H and O–H groups in total. The number of pyridine rings is 1. The number of rotatable bonds is 3. The van der Waals surface area contributed by atoms with Crippen LogP contribution in [0.4, 0.5) is 0 Å². The van der Waals surface area contributed by atoms with Crippen molar-refractivity contribution in [2.45, 2.75) is 26.3 Å². The molecule has 0 aliphatic heterocycles. The van der Waals surface area contributed by atoms with Gasteiger partial charge >= 0.3 is 0 Å². The summed E-state index contributed by atoms with van der Waals surface area (Å²) in [7, 11) is 0. The van der Waals surface area contributed by atoms with Crippen molar-refractivity contribution in [3.05, 3.63) is 30.1 Å². The van der Waals surface area contributed by atoms with Crippen LogP contribution in [0.5, 0.6) is 0 Å². The average molecular weight is 326 g/mol. The molecule has 1 aromatic rings. The highest BCUT2D eigenvalue weighted by Gasteiger charge is 2.02. The molecular weight excluding hydrogens is 308 g/mol. The molecule has 0 aromatic carbocycles. The van der Waals surface area contributed by atoms with Crippen LogP contribution in [0.3, 0.4) is 0 Å². The van der Waals surface area contributed by atoms with Crippen LogP contribution in [-0.2, 0) is 6.54 Å². The van der Waals surface area contributed by atoms with Crippen LogP contribution in [0.15, 0.2) is 24.5 Å². The summed E-state index contributed by atoms with van der Waals surface area (Å²) in [6.07, 6.45) is 4.25. The van der Waals surface area contributed by atoms with E-state index in [0.717, 1.165) is 13.1 Å². The predicted molar refractivity (Wildman–Crippen MR) is 48.5 cm³/mol. The normalized spacial score (nSPS) is 9.14. The lowest BCUT2D eigenvalue weighted by Crippen LogP contribution is -3.00. The quantitative estimate of drug-likeness (QED) is 0.537. The first-order chi connectivity index (χ1) is 5.74. The van der Waals surface area contributed by atoms with E-state index in [2.05, 4.69) is 48.7 Å². The molecule has 0 spiro atoms. The molecule has 0 unspecified atom stereocenters. The molecule has 0 aliphatic carbocycles. The number of hydrogen-bond acceptors (Lipinski definition) is 0. The summed E-state index contributed by atoms with van der Waals surface area (Å²) in [5.74, 6) is 0.624. The van der Waals surface area contributed by atoms with Gasteiger partial charge in [-0.05, 0) is 11.5 Å². The fraction of sp³-hybridized carbons (Fsp3) is 0.500. The number of quaternary nitrogens is 1. The van der Waals surface area contributed by atoms with Crippen molar-refractivity contribution >= 4 is 0 Å². The van der Waals surface area contributed by atoms with E-state index in [-0.39, 0.29) is 34.0 Å². The van der Waals surface area contributed by atoms with Gasteiger partial charge < -0.3 is 39.7 Å². The highest BCUT2D eigenvalue weighted by Crippen LogP contribution is 2.10. The van der Waals surface area contributed by atoms with Gasteiger partial charge in [-0.3, -0.25) is 0 Å². The van der Waals surface area contributed by atoms with Gasteiger partial charge in [-0.15, -0.1) is 0 Å². The van der Waals surface area contributed by atoms with Gasteiger partial charge in [-0.25, -0.2) is 0 Å². The second-order valence-corrected chi connectivity index (χ2v) is 3.38. The predicted octanol–water partition coefficient (Wildman–Crippen LogP) is -5.65. The average Bonchev–Trinajstić information content (AvgIpc) is 2.06. The van der Waals surface area contributed by atoms with Crippen molar-refractivity contribution in [1.82, 2.24) is 0 Å². The van der Waals surface area contributed by atoms with Crippen molar-refractivity contribution in [3.63, 3.8) is 0 Å². The molecular formula is C10H18Br2N2. The molecule has 82 valence electrons. The van der Waals surface area contributed by atoms with E-state index in [4.69, 9.17) is 0 Å². The van der Waals surface area contributed by atoms with Gasteiger partial charge in [-0.2, -0.15) is 4.57 Å². The Hall–Kier alpha value is 0.0700. The third kappa shape index (κ3) is 5.08. The van der Waals surface area contributed by atoms with Crippen LogP contribution in [0, 0.1) is 0 Å². The SMILES string of the molecule is CC(C)c1cc[n+](CC[NH3+])cc1.[Br-].[Br-]. The van der Waals surface area contributed by atoms with Crippen LogP contribution in [-0.4, -0.2) is 6.54 Å². The van der Waals surface area contributed by atoms with E-state index in [1.807, 2.05) is 0 Å². The standard InChI is InChI=1S/C10H17N2.2BrH/c1-9(2)10-3-6-12(7-4-10)8-5-11;;/h3-4,6-7,9H,5,8,11H2,1-2H3;2*1H/q+1;;/p-1. The van der Waals surface area contributed by atoms with Crippen molar-refractivity contribution in [1.29, 1.82) is 0 Å². The number of nitrogens with zero attached hydrogens (tertiary/aromatic N) is 1. The molecule has 4 heteroatoms. The number of aromatic nitrogens is 1. The monoisotopic (exact) mass is 324 g/mol. The Morgan fingerprint density at radius 2 is 1.71 bits per heavy atom. The maximum Gasteiger partial charge on any atom is 0.196 e. The van der Waals surface area contributed by atoms with E-state index < -0.39 is 0 Å². The van der Waals surface area contributed by atoms with Crippen LogP contribution in [0.1, 0.15) is 25.3 Å². The minimum Gasteiger partial charge on any atom is -1.00 e. The fourth-order valence-electron chi connectivity index (χ4n) is 1.19. The highest BCUT2D eigenvalue weighted by atomic mass is 79.9. The van der Waals surface area contributed by atoms with Crippen LogP contribution in [0.2, 0.25) is 0 Å². The van der Waals surface area contributed by atoms with Crippen LogP contribution < -0.4 is 44.3 Å². The smallest absolute Gasteiger partial charge is 0.196 e. The lowest BCUT2D eigenvalue weighted by atomic mass is 10.1. The summed E-state index contributed by atoms with van der Waals surface area (Å²) in [5.41, 5.74) is 5.22. The first-order valence-electron chi connectivity index (χ1n) is 4.52. The van der Waals surface area contributed by atoms with Crippen molar-refractivity contribution < 1.29 is 44.3 Å². The summed E-state index contributed by atoms with van der Waals surface area (Å²) in [4.78, 5) is 0. The molecule has 0 bridgehead atoms. The molecule has 0 radical (unpaired) electrons. The summed E-state index contributed by atoms with van der Waals surface area (Å²) in [6.45, 7) is 6.38. The minimum atomic E-state index is 0. The van der Waals surface area contributed by atoms with E-state index in [0.29, 0.717) is 5.92 Å². The third-order valence-corrected chi connectivity index (χ3v) is 2.00. The zero-order valence-corrected chi connectivity index (χ0v) is 11.9. The molecule has 0 atom stereocenters. The van der Waals surface area contributed by atoms with Crippen molar-refractivity contribution in [3.8, 4) is 0 Å². The minimum absolute atomic E-state index is 0. The Morgan fingerprint density at radius 1 is 1.21 bits per heavy atom. The lowest BCUT2D eigenvalue weighted by Gasteiger charge is -2.02. The lowest BCUT2D eigenvalue weighted by molar-refractivity contribution is -0.711. The van der Waals surface area contributed by atoms with Gasteiger partial charge in [0, 0.05) is 12.1 Å². The molecule has 1 heterocycles. The molecule has 14 heavy (non-hydrogen) atoms. The molecule has 1 aromatic heterocycles. The van der Waals surface area contributed by atoms with Crippen LogP contribution >= 0.6 is 0 Å². The first-order valence-corrected chi connectivity index (χ1v) is 4.52. The van der Waals surface area contributed by atoms with Gasteiger partial charge in [0.25, 0.3) is 0 Å². The third-order valence-electron chi connectivity index (χ3n) is 2.00. The second kappa shape index (κ2) is 8.38. The molecule has 0 fully saturated rings. The summed E-state index contributed by atoms with van der Waals surface area (Å²) in [5, 5.41) is 0. The van der Waals surface area contributed by atoms with E-state index in [1.165, 1.54) is 5.56 Å². The van der Waals surface area contributed by atoms with Crippen LogP contribution in [0.25, 0.3) is 0 Å². The Kier molecular flexibility index (Phi) is 9.88. The summed E-state index contributed by atoms with van der Waals surface area (Å²) in [6, 6.07) is 4.36. The van der Waals surface area contributed by atoms with Gasteiger partial charge in [0.1, 0.15) is 6.54 Å². The van der Waals surface area contributed by atoms with E-state index in [1.54, 1.807) is 0 Å². The molecule has 0 saturated heterocycles. The molecule has 0 saturated carbocycles. The number of halogens is 2. The highest BCUT2D eigenvalue weighted by molar-refractivity contribution is 5.11. The molecule has 1 rings (SSSR count). The summed E-state index contributed by atoms with van der Waals surface area (Å²) < 4.78 is 2.17. The summed E-state index contributed by atoms with van der Waals surface area (Å²) >= 11 is 0. The van der Waals surface area contributed by atoms with Gasteiger partial charge in [-0.1, -0.05) is 13.8 Å². The Morgan fingerprint density at radius 3 is 2.07 bits per heavy atom. The van der Waals surface area contributed by atoms with Crippen molar-refractivity contribution in [2.24, 2.45) is 0 Å². The maximum atomic E-state index is 3.82. The largest absolute Gasteiger partial charge is 1.00 e. The Labute approximate surface area is 107 Å². The first kappa shape index (κ1) is 16.5. The fourth-order valence-corrected chi connectivity index (χ4v) is 1.19. The zero-order chi connectivity index (χ0) is 8.97. The Balaban J connectivity index is 0. The second-order valence-electron chi connectivity index (χ2n) is 3.38. The van der Waals surface area contributed by atoms with Gasteiger partial charge in [0.15, 0.2) is 18.9 Å². The topological polar surface area (TPSA) is 31.5 Å². The molecule has 0 aliphatic rings. The van der Waals surface area contributed by atoms with E-state index in [9.17, 15) is 0 Å². The maximum absolute atomic E-state index is 3.82. The van der Waals surface area contributed by atoms with Gasteiger partial charge in [0.05, 0.1) is 0 Å². The molecule has 0 amide bonds.